The molecule has 2 aliphatic heterocycles. The molecule has 8 nitrogen and oxygen atoms in total. The molecule has 3 heterocycles. The van der Waals surface area contributed by atoms with Crippen molar-refractivity contribution < 1.29 is 22.7 Å². The third-order valence-corrected chi connectivity index (χ3v) is 6.94. The van der Waals surface area contributed by atoms with Crippen molar-refractivity contribution in [1.82, 2.24) is 15.3 Å². The zero-order valence-corrected chi connectivity index (χ0v) is 20.8. The van der Waals surface area contributed by atoms with E-state index in [9.17, 15) is 18.0 Å². The summed E-state index contributed by atoms with van der Waals surface area (Å²) in [4.78, 5) is 24.2. The van der Waals surface area contributed by atoms with Gasteiger partial charge in [0.1, 0.15) is 17.7 Å². The molecule has 1 atom stereocenters. The molecular formula is C26H31F3N6O2. The molecule has 0 aliphatic carbocycles. The Morgan fingerprint density at radius 1 is 1.14 bits per heavy atom. The molecule has 4 rings (SSSR count). The van der Waals surface area contributed by atoms with Gasteiger partial charge in [-0.05, 0) is 55.7 Å². The first-order valence-electron chi connectivity index (χ1n) is 12.5. The number of anilines is 2. The minimum absolute atomic E-state index is 0.126. The second kappa shape index (κ2) is 11.8. The van der Waals surface area contributed by atoms with Crippen LogP contribution in [0.4, 0.5) is 24.8 Å². The van der Waals surface area contributed by atoms with Gasteiger partial charge in [-0.2, -0.15) is 18.4 Å². The Labute approximate surface area is 214 Å². The van der Waals surface area contributed by atoms with Crippen molar-refractivity contribution in [3.63, 3.8) is 0 Å². The van der Waals surface area contributed by atoms with E-state index in [0.29, 0.717) is 63.5 Å². The zero-order chi connectivity index (χ0) is 26.4. The molecule has 0 radical (unpaired) electrons. The van der Waals surface area contributed by atoms with Crippen LogP contribution in [0.15, 0.2) is 30.3 Å². The third kappa shape index (κ3) is 6.68. The molecule has 2 aliphatic rings. The van der Waals surface area contributed by atoms with Gasteiger partial charge in [0.25, 0.3) is 0 Å². The second-order valence-electron chi connectivity index (χ2n) is 9.49. The summed E-state index contributed by atoms with van der Waals surface area (Å²) in [7, 11) is 1.65. The number of nitrogens with one attached hydrogen (secondary N) is 1. The topological polar surface area (TPSA) is 94.4 Å². The van der Waals surface area contributed by atoms with E-state index in [0.717, 1.165) is 18.4 Å². The molecule has 0 saturated carbocycles. The Morgan fingerprint density at radius 3 is 2.49 bits per heavy atom. The predicted molar refractivity (Wildman–Crippen MR) is 132 cm³/mol. The molecule has 1 N–H and O–H groups in total. The van der Waals surface area contributed by atoms with Gasteiger partial charge >= 0.3 is 6.18 Å². The molecule has 0 unspecified atom stereocenters. The van der Waals surface area contributed by atoms with Crippen molar-refractivity contribution in [2.45, 2.75) is 44.3 Å². The van der Waals surface area contributed by atoms with Crippen molar-refractivity contribution >= 4 is 17.5 Å². The van der Waals surface area contributed by atoms with E-state index in [1.54, 1.807) is 30.2 Å². The number of rotatable bonds is 8. The molecule has 0 spiro atoms. The van der Waals surface area contributed by atoms with Gasteiger partial charge in [-0.3, -0.25) is 4.79 Å². The standard InChI is InChI=1S/C26H31F3N6O2/c1-37-17-20-9-13-34(14-10-20)22-15-23(33-25(32-22)26(27,28)29)35-12-2-3-21(35)24(36)31-11-8-18-4-6-19(16-30)7-5-18/h4-7,15,20-21H,2-3,8-14,17H2,1H3,(H,31,36)/t21-/m0/s1. The highest BCUT2D eigenvalue weighted by atomic mass is 19.4. The average Bonchev–Trinajstić information content (AvgIpc) is 3.39. The average molecular weight is 517 g/mol. The summed E-state index contributed by atoms with van der Waals surface area (Å²) < 4.78 is 46.4. The lowest BCUT2D eigenvalue weighted by Gasteiger charge is -2.33. The van der Waals surface area contributed by atoms with Crippen LogP contribution in [-0.4, -0.2) is 61.8 Å². The largest absolute Gasteiger partial charge is 0.451 e. The molecule has 2 aromatic rings. The minimum atomic E-state index is -4.70. The van der Waals surface area contributed by atoms with Crippen LogP contribution in [0, 0.1) is 17.2 Å². The Hall–Kier alpha value is -3.39. The molecule has 37 heavy (non-hydrogen) atoms. The maximum Gasteiger partial charge on any atom is 0.451 e. The molecule has 2 saturated heterocycles. The highest BCUT2D eigenvalue weighted by molar-refractivity contribution is 5.85. The maximum atomic E-state index is 13.7. The Bertz CT molecular complexity index is 1110. The number of aromatic nitrogens is 2. The van der Waals surface area contributed by atoms with Crippen LogP contribution in [0.5, 0.6) is 0 Å². The number of alkyl halides is 3. The number of amides is 1. The highest BCUT2D eigenvalue weighted by Gasteiger charge is 2.38. The molecule has 1 amide bonds. The number of carbonyl (C=O) groups is 1. The Morgan fingerprint density at radius 2 is 1.84 bits per heavy atom. The lowest BCUT2D eigenvalue weighted by atomic mass is 9.98. The van der Waals surface area contributed by atoms with Crippen molar-refractivity contribution in [2.24, 2.45) is 5.92 Å². The number of nitriles is 1. The fraction of sp³-hybridized carbons (Fsp3) is 0.538. The smallest absolute Gasteiger partial charge is 0.384 e. The zero-order valence-electron chi connectivity index (χ0n) is 20.8. The first-order chi connectivity index (χ1) is 17.8. The Kier molecular flexibility index (Phi) is 8.48. The highest BCUT2D eigenvalue weighted by Crippen LogP contribution is 2.34. The Balaban J connectivity index is 1.46. The van der Waals surface area contributed by atoms with E-state index < -0.39 is 18.0 Å². The van der Waals surface area contributed by atoms with E-state index in [1.807, 2.05) is 17.0 Å². The van der Waals surface area contributed by atoms with Gasteiger partial charge in [0, 0.05) is 46.0 Å². The first kappa shape index (κ1) is 26.7. The van der Waals surface area contributed by atoms with E-state index >= 15 is 0 Å². The number of methoxy groups -OCH3 is 1. The quantitative estimate of drug-likeness (QED) is 0.573. The molecule has 0 bridgehead atoms. The number of benzene rings is 1. The van der Waals surface area contributed by atoms with Gasteiger partial charge in [-0.1, -0.05) is 12.1 Å². The lowest BCUT2D eigenvalue weighted by molar-refractivity contribution is -0.144. The van der Waals surface area contributed by atoms with Crippen molar-refractivity contribution in [3.05, 3.63) is 47.3 Å². The third-order valence-electron chi connectivity index (χ3n) is 6.94. The summed E-state index contributed by atoms with van der Waals surface area (Å²) in [6.07, 6.45) is -1.29. The van der Waals surface area contributed by atoms with Crippen LogP contribution >= 0.6 is 0 Å². The molecular weight excluding hydrogens is 485 g/mol. The number of hydrogen-bond acceptors (Lipinski definition) is 7. The van der Waals surface area contributed by atoms with Gasteiger partial charge in [-0.15, -0.1) is 0 Å². The van der Waals surface area contributed by atoms with Crippen molar-refractivity contribution in [1.29, 1.82) is 5.26 Å². The molecule has 1 aromatic heterocycles. The number of nitrogens with zero attached hydrogens (tertiary/aromatic N) is 5. The second-order valence-corrected chi connectivity index (χ2v) is 9.49. The van der Waals surface area contributed by atoms with Gasteiger partial charge in [-0.25, -0.2) is 9.97 Å². The van der Waals surface area contributed by atoms with Gasteiger partial charge in [0.15, 0.2) is 0 Å². The van der Waals surface area contributed by atoms with Crippen LogP contribution in [-0.2, 0) is 22.1 Å². The summed E-state index contributed by atoms with van der Waals surface area (Å²) in [5, 5.41) is 11.8. The van der Waals surface area contributed by atoms with Gasteiger partial charge < -0.3 is 19.9 Å². The van der Waals surface area contributed by atoms with E-state index in [2.05, 4.69) is 21.4 Å². The number of ether oxygens (including phenoxy) is 1. The number of hydrogen-bond donors (Lipinski definition) is 1. The summed E-state index contributed by atoms with van der Waals surface area (Å²) in [6, 6.07) is 10.2. The van der Waals surface area contributed by atoms with Gasteiger partial charge in [0.05, 0.1) is 11.6 Å². The maximum absolute atomic E-state index is 13.7. The minimum Gasteiger partial charge on any atom is -0.384 e. The summed E-state index contributed by atoms with van der Waals surface area (Å²) in [5.74, 6) is -0.687. The van der Waals surface area contributed by atoms with Crippen LogP contribution < -0.4 is 15.1 Å². The fourth-order valence-electron chi connectivity index (χ4n) is 4.93. The van der Waals surface area contributed by atoms with Crippen LogP contribution in [0.1, 0.15) is 42.6 Å². The SMILES string of the molecule is COCC1CCN(c2cc(N3CCC[C@H]3C(=O)NCCc3ccc(C#N)cc3)nc(C(F)(F)F)n2)CC1. The molecule has 198 valence electrons. The monoisotopic (exact) mass is 516 g/mol. The molecule has 1 aromatic carbocycles. The lowest BCUT2D eigenvalue weighted by Crippen LogP contribution is -2.44. The number of carbonyl (C=O) groups excluding carboxylic acids is 1. The number of halogens is 3. The van der Waals surface area contributed by atoms with Gasteiger partial charge in [0.2, 0.25) is 11.7 Å². The van der Waals surface area contributed by atoms with Crippen molar-refractivity contribution in [3.8, 4) is 6.07 Å². The summed E-state index contributed by atoms with van der Waals surface area (Å²) in [6.45, 7) is 2.63. The van der Waals surface area contributed by atoms with E-state index in [1.165, 1.54) is 0 Å². The van der Waals surface area contributed by atoms with Crippen LogP contribution in [0.2, 0.25) is 0 Å². The molecule has 2 fully saturated rings. The van der Waals surface area contributed by atoms with Crippen LogP contribution in [0.3, 0.4) is 0 Å². The fourth-order valence-corrected chi connectivity index (χ4v) is 4.93. The predicted octanol–water partition coefficient (Wildman–Crippen LogP) is 3.56. The molecule has 11 heteroatoms. The van der Waals surface area contributed by atoms with Crippen LogP contribution in [0.25, 0.3) is 0 Å². The van der Waals surface area contributed by atoms with E-state index in [4.69, 9.17) is 10.00 Å². The normalized spacial score (nSPS) is 18.6. The first-order valence-corrected chi connectivity index (χ1v) is 12.5. The van der Waals surface area contributed by atoms with E-state index in [-0.39, 0.29) is 17.5 Å². The summed E-state index contributed by atoms with van der Waals surface area (Å²) >= 11 is 0. The van der Waals surface area contributed by atoms with Crippen molar-refractivity contribution in [2.75, 3.05) is 49.7 Å². The summed E-state index contributed by atoms with van der Waals surface area (Å²) in [5.41, 5.74) is 1.54. The number of piperidine rings is 1.